The Morgan fingerprint density at radius 2 is 1.89 bits per heavy atom. The van der Waals surface area contributed by atoms with Crippen LogP contribution in [0.2, 0.25) is 0 Å². The topological polar surface area (TPSA) is 74.0 Å². The lowest BCUT2D eigenvalue weighted by atomic mass is 10.1. The van der Waals surface area contributed by atoms with Crippen molar-refractivity contribution in [1.82, 2.24) is 20.0 Å². The van der Waals surface area contributed by atoms with Crippen LogP contribution in [0.5, 0.6) is 0 Å². The molecule has 0 bridgehead atoms. The van der Waals surface area contributed by atoms with E-state index in [4.69, 9.17) is 5.26 Å². The molecule has 0 atom stereocenters. The van der Waals surface area contributed by atoms with Gasteiger partial charge in [0.15, 0.2) is 0 Å². The van der Waals surface area contributed by atoms with Gasteiger partial charge >= 0.3 is 6.18 Å². The number of nitriles is 1. The molecule has 1 N–H and O–H groups in total. The lowest BCUT2D eigenvalue weighted by Crippen LogP contribution is -2.44. The first-order valence-electron chi connectivity index (χ1n) is 11.8. The van der Waals surface area contributed by atoms with Gasteiger partial charge in [-0.3, -0.25) is 9.80 Å². The summed E-state index contributed by atoms with van der Waals surface area (Å²) in [5, 5.41) is 10.3. The Morgan fingerprint density at radius 3 is 2.56 bits per heavy atom. The molecule has 2 aromatic carbocycles. The molecule has 1 heterocycles. The molecule has 0 unspecified atom stereocenters. The van der Waals surface area contributed by atoms with E-state index in [-0.39, 0.29) is 24.4 Å². The second-order valence-electron chi connectivity index (χ2n) is 9.08. The van der Waals surface area contributed by atoms with Crippen LogP contribution < -0.4 is 5.43 Å². The van der Waals surface area contributed by atoms with Crippen molar-refractivity contribution >= 4 is 5.91 Å². The zero-order valence-electron chi connectivity index (χ0n) is 20.4. The molecule has 190 valence electrons. The third-order valence-electron chi connectivity index (χ3n) is 5.78. The normalized spacial score (nSPS) is 11.5. The number of amides is 1. The van der Waals surface area contributed by atoms with Crippen molar-refractivity contribution in [2.45, 2.75) is 52.4 Å². The van der Waals surface area contributed by atoms with E-state index in [0.717, 1.165) is 24.5 Å². The first-order chi connectivity index (χ1) is 17.2. The van der Waals surface area contributed by atoms with Gasteiger partial charge in [-0.1, -0.05) is 44.2 Å². The van der Waals surface area contributed by atoms with Crippen molar-refractivity contribution in [3.05, 3.63) is 89.0 Å². The highest BCUT2D eigenvalue weighted by atomic mass is 19.4. The second kappa shape index (κ2) is 12.4. The number of hydrogen-bond donors (Lipinski definition) is 1. The molecule has 0 saturated carbocycles. The summed E-state index contributed by atoms with van der Waals surface area (Å²) < 4.78 is 42.5. The highest BCUT2D eigenvalue weighted by Crippen LogP contribution is 2.32. The third-order valence-corrected chi connectivity index (χ3v) is 5.78. The minimum absolute atomic E-state index is 0.0261. The van der Waals surface area contributed by atoms with Crippen LogP contribution in [-0.2, 0) is 30.5 Å². The van der Waals surface area contributed by atoms with Gasteiger partial charge in [0.1, 0.15) is 0 Å². The molecule has 3 aromatic rings. The molecular formula is C27H30F3N5O. The number of nitrogens with one attached hydrogen (secondary N) is 1. The van der Waals surface area contributed by atoms with Gasteiger partial charge in [-0.05, 0) is 48.1 Å². The summed E-state index contributed by atoms with van der Waals surface area (Å²) in [5.74, 6) is 0.136. The van der Waals surface area contributed by atoms with Gasteiger partial charge in [-0.15, -0.1) is 0 Å². The largest absolute Gasteiger partial charge is 0.416 e. The van der Waals surface area contributed by atoms with Crippen molar-refractivity contribution < 1.29 is 18.0 Å². The number of rotatable bonds is 11. The van der Waals surface area contributed by atoms with Crippen LogP contribution in [0.3, 0.4) is 0 Å². The Labute approximate surface area is 209 Å². The third kappa shape index (κ3) is 7.68. The van der Waals surface area contributed by atoms with E-state index in [1.54, 1.807) is 30.7 Å². The van der Waals surface area contributed by atoms with Crippen molar-refractivity contribution in [3.63, 3.8) is 0 Å². The Bertz CT molecular complexity index is 1180. The smallest absolute Gasteiger partial charge is 0.330 e. The lowest BCUT2D eigenvalue weighted by Gasteiger charge is -2.26. The molecule has 0 aliphatic heterocycles. The van der Waals surface area contributed by atoms with E-state index in [1.165, 1.54) is 17.1 Å². The van der Waals surface area contributed by atoms with Crippen molar-refractivity contribution in [2.75, 3.05) is 6.54 Å². The number of alkyl halides is 3. The van der Waals surface area contributed by atoms with Gasteiger partial charge in [0, 0.05) is 25.0 Å². The standard InChI is InChI=1S/C27H30F3N5O/c1-20(2)6-5-13-33-35(18-23-7-3-4-8-25(23)27(28,29)30)26(36)14-24-16-32-19-34(24)17-22-11-9-21(15-31)10-12-22/h3-4,7-12,16,19-20,33H,5-6,13-14,17-18H2,1-2H3. The summed E-state index contributed by atoms with van der Waals surface area (Å²) in [5.41, 5.74) is 4.46. The summed E-state index contributed by atoms with van der Waals surface area (Å²) in [4.78, 5) is 17.5. The van der Waals surface area contributed by atoms with Crippen molar-refractivity contribution in [3.8, 4) is 6.07 Å². The highest BCUT2D eigenvalue weighted by molar-refractivity contribution is 5.78. The van der Waals surface area contributed by atoms with Gasteiger partial charge in [0.25, 0.3) is 0 Å². The number of benzene rings is 2. The Morgan fingerprint density at radius 1 is 1.17 bits per heavy atom. The van der Waals surface area contributed by atoms with Gasteiger partial charge in [-0.2, -0.15) is 18.4 Å². The van der Waals surface area contributed by atoms with Gasteiger partial charge in [-0.25, -0.2) is 10.4 Å². The fourth-order valence-corrected chi connectivity index (χ4v) is 3.83. The predicted molar refractivity (Wildman–Crippen MR) is 130 cm³/mol. The highest BCUT2D eigenvalue weighted by Gasteiger charge is 2.33. The van der Waals surface area contributed by atoms with Crippen molar-refractivity contribution in [2.24, 2.45) is 5.92 Å². The molecule has 0 aliphatic rings. The SMILES string of the molecule is CC(C)CCCNN(Cc1ccccc1C(F)(F)F)C(=O)Cc1cncn1Cc1ccc(C#N)cc1. The maximum atomic E-state index is 13.6. The molecule has 0 saturated heterocycles. The average molecular weight is 498 g/mol. The molecule has 36 heavy (non-hydrogen) atoms. The fraction of sp³-hybridized carbons (Fsp3) is 0.370. The van der Waals surface area contributed by atoms with E-state index in [0.29, 0.717) is 30.3 Å². The number of aromatic nitrogens is 2. The molecule has 0 radical (unpaired) electrons. The first-order valence-corrected chi connectivity index (χ1v) is 11.8. The molecule has 0 spiro atoms. The van der Waals surface area contributed by atoms with Crippen LogP contribution in [0, 0.1) is 17.2 Å². The van der Waals surface area contributed by atoms with E-state index < -0.39 is 11.7 Å². The van der Waals surface area contributed by atoms with Crippen LogP contribution in [0.25, 0.3) is 0 Å². The first kappa shape index (κ1) is 27.0. The molecule has 1 aromatic heterocycles. The second-order valence-corrected chi connectivity index (χ2v) is 9.08. The zero-order valence-corrected chi connectivity index (χ0v) is 20.4. The molecule has 0 aliphatic carbocycles. The Balaban J connectivity index is 1.76. The van der Waals surface area contributed by atoms with Crippen LogP contribution >= 0.6 is 0 Å². The average Bonchev–Trinajstić information content (AvgIpc) is 3.27. The maximum Gasteiger partial charge on any atom is 0.416 e. The minimum atomic E-state index is -4.51. The van der Waals surface area contributed by atoms with Crippen LogP contribution in [0.15, 0.2) is 61.1 Å². The number of imidazole rings is 1. The molecule has 6 nitrogen and oxygen atoms in total. The number of carbonyl (C=O) groups excluding carboxylic acids is 1. The quantitative estimate of drug-likeness (QED) is 0.287. The Kier molecular flexibility index (Phi) is 9.25. The van der Waals surface area contributed by atoms with Gasteiger partial charge in [0.2, 0.25) is 5.91 Å². The minimum Gasteiger partial charge on any atom is -0.330 e. The van der Waals surface area contributed by atoms with Crippen LogP contribution in [0.4, 0.5) is 13.2 Å². The number of hydrazine groups is 1. The monoisotopic (exact) mass is 497 g/mol. The molecule has 1 amide bonds. The van der Waals surface area contributed by atoms with Gasteiger partial charge < -0.3 is 4.57 Å². The number of nitrogens with zero attached hydrogens (tertiary/aromatic N) is 4. The Hall–Kier alpha value is -3.64. The molecule has 9 heteroatoms. The molecular weight excluding hydrogens is 467 g/mol. The number of halogens is 3. The predicted octanol–water partition coefficient (Wildman–Crippen LogP) is 5.33. The lowest BCUT2D eigenvalue weighted by molar-refractivity contribution is -0.140. The number of hydrogen-bond acceptors (Lipinski definition) is 4. The van der Waals surface area contributed by atoms with E-state index in [9.17, 15) is 18.0 Å². The van der Waals surface area contributed by atoms with Crippen LogP contribution in [-0.4, -0.2) is 27.0 Å². The van der Waals surface area contributed by atoms with E-state index >= 15 is 0 Å². The summed E-state index contributed by atoms with van der Waals surface area (Å²) in [6, 6.07) is 14.5. The summed E-state index contributed by atoms with van der Waals surface area (Å²) in [6.45, 7) is 4.91. The number of carbonyl (C=O) groups is 1. The molecule has 0 fully saturated rings. The summed E-state index contributed by atoms with van der Waals surface area (Å²) in [6.07, 6.45) is 0.386. The van der Waals surface area contributed by atoms with Gasteiger partial charge in [0.05, 0.1) is 36.5 Å². The maximum absolute atomic E-state index is 13.6. The summed E-state index contributed by atoms with van der Waals surface area (Å²) >= 11 is 0. The van der Waals surface area contributed by atoms with E-state index in [1.807, 2.05) is 16.7 Å². The van der Waals surface area contributed by atoms with E-state index in [2.05, 4.69) is 30.3 Å². The zero-order chi connectivity index (χ0) is 26.1. The van der Waals surface area contributed by atoms with Crippen LogP contribution in [0.1, 0.15) is 54.6 Å². The fourth-order valence-electron chi connectivity index (χ4n) is 3.83. The molecule has 3 rings (SSSR count). The summed E-state index contributed by atoms with van der Waals surface area (Å²) in [7, 11) is 0. The van der Waals surface area contributed by atoms with Crippen molar-refractivity contribution in [1.29, 1.82) is 5.26 Å².